The normalized spacial score (nSPS) is 9.88. The molecule has 0 bridgehead atoms. The first-order chi connectivity index (χ1) is 7.54. The third-order valence-corrected chi connectivity index (χ3v) is 2.09. The van der Waals surface area contributed by atoms with E-state index in [1.54, 1.807) is 0 Å². The van der Waals surface area contributed by atoms with E-state index >= 15 is 0 Å². The number of hydrogen-bond acceptors (Lipinski definition) is 3. The quantitative estimate of drug-likeness (QED) is 0.651. The largest absolute Gasteiger partial charge is 0.478 e. The highest BCUT2D eigenvalue weighted by molar-refractivity contribution is 6.31. The van der Waals surface area contributed by atoms with Crippen LogP contribution in [0.3, 0.4) is 0 Å². The van der Waals surface area contributed by atoms with E-state index in [0.717, 1.165) is 0 Å². The van der Waals surface area contributed by atoms with Gasteiger partial charge < -0.3 is 9.84 Å². The molecule has 0 fully saturated rings. The number of carboxylic acids is 1. The maximum atomic E-state index is 11.2. The number of carboxylic acid groups (broad SMARTS) is 1. The summed E-state index contributed by atoms with van der Waals surface area (Å²) in [6.07, 6.45) is 0.899. The Morgan fingerprint density at radius 3 is 2.69 bits per heavy atom. The molecule has 16 heavy (non-hydrogen) atoms. The van der Waals surface area contributed by atoms with Gasteiger partial charge in [-0.3, -0.25) is 4.79 Å². The molecule has 0 aliphatic carbocycles. The van der Waals surface area contributed by atoms with Gasteiger partial charge >= 0.3 is 11.9 Å². The zero-order valence-corrected chi connectivity index (χ0v) is 9.45. The van der Waals surface area contributed by atoms with Gasteiger partial charge in [0.1, 0.15) is 11.3 Å². The molecule has 1 aromatic carbocycles. The molecular weight excluding hydrogens is 232 g/mol. The maximum absolute atomic E-state index is 11.2. The lowest BCUT2D eigenvalue weighted by Gasteiger charge is -2.06. The van der Waals surface area contributed by atoms with Gasteiger partial charge in [0.25, 0.3) is 0 Å². The highest BCUT2D eigenvalue weighted by Crippen LogP contribution is 2.23. The predicted octanol–water partition coefficient (Wildman–Crippen LogP) is 2.74. The first kappa shape index (κ1) is 12.5. The van der Waals surface area contributed by atoms with Crippen LogP contribution in [-0.4, -0.2) is 17.0 Å². The van der Waals surface area contributed by atoms with Crippen molar-refractivity contribution in [2.45, 2.75) is 19.8 Å². The highest BCUT2D eigenvalue weighted by atomic mass is 35.5. The van der Waals surface area contributed by atoms with E-state index in [9.17, 15) is 9.59 Å². The van der Waals surface area contributed by atoms with Crippen molar-refractivity contribution in [3.8, 4) is 5.75 Å². The van der Waals surface area contributed by atoms with Crippen LogP contribution in [0.15, 0.2) is 18.2 Å². The topological polar surface area (TPSA) is 63.6 Å². The van der Waals surface area contributed by atoms with Crippen LogP contribution in [0.25, 0.3) is 0 Å². The Hall–Kier alpha value is -1.55. The van der Waals surface area contributed by atoms with Crippen LogP contribution in [0.4, 0.5) is 0 Å². The first-order valence-corrected chi connectivity index (χ1v) is 5.16. The monoisotopic (exact) mass is 242 g/mol. The molecule has 4 nitrogen and oxygen atoms in total. The third kappa shape index (κ3) is 3.24. The number of carbonyl (C=O) groups excluding carboxylic acids is 1. The summed E-state index contributed by atoms with van der Waals surface area (Å²) in [6, 6.07) is 4.10. The van der Waals surface area contributed by atoms with Crippen molar-refractivity contribution >= 4 is 23.5 Å². The highest BCUT2D eigenvalue weighted by Gasteiger charge is 2.14. The SMILES string of the molecule is CCCC(=O)Oc1ccc(Cl)cc1C(=O)O. The van der Waals surface area contributed by atoms with Gasteiger partial charge in [0, 0.05) is 11.4 Å². The van der Waals surface area contributed by atoms with Crippen LogP contribution in [0.5, 0.6) is 5.75 Å². The Morgan fingerprint density at radius 2 is 2.12 bits per heavy atom. The summed E-state index contributed by atoms with van der Waals surface area (Å²) >= 11 is 5.65. The molecule has 1 aromatic rings. The van der Waals surface area contributed by atoms with Gasteiger partial charge in [-0.05, 0) is 24.6 Å². The molecule has 0 saturated heterocycles. The van der Waals surface area contributed by atoms with E-state index in [-0.39, 0.29) is 22.8 Å². The van der Waals surface area contributed by atoms with E-state index in [1.807, 2.05) is 6.92 Å². The van der Waals surface area contributed by atoms with E-state index in [4.69, 9.17) is 21.4 Å². The number of hydrogen-bond donors (Lipinski definition) is 1. The second-order valence-corrected chi connectivity index (χ2v) is 3.61. The third-order valence-electron chi connectivity index (χ3n) is 1.85. The van der Waals surface area contributed by atoms with Gasteiger partial charge in [0.2, 0.25) is 0 Å². The van der Waals surface area contributed by atoms with Gasteiger partial charge in [0.15, 0.2) is 0 Å². The molecule has 0 aliphatic rings. The molecule has 5 heteroatoms. The Morgan fingerprint density at radius 1 is 1.44 bits per heavy atom. The molecule has 86 valence electrons. The second-order valence-electron chi connectivity index (χ2n) is 3.17. The number of aromatic carboxylic acids is 1. The average molecular weight is 243 g/mol. The van der Waals surface area contributed by atoms with E-state index in [2.05, 4.69) is 0 Å². The van der Waals surface area contributed by atoms with Crippen molar-refractivity contribution < 1.29 is 19.4 Å². The number of rotatable bonds is 4. The van der Waals surface area contributed by atoms with Crippen LogP contribution < -0.4 is 4.74 Å². The van der Waals surface area contributed by atoms with Crippen molar-refractivity contribution in [1.29, 1.82) is 0 Å². The van der Waals surface area contributed by atoms with Crippen molar-refractivity contribution in [3.05, 3.63) is 28.8 Å². The summed E-state index contributed by atoms with van der Waals surface area (Å²) < 4.78 is 4.92. The fourth-order valence-corrected chi connectivity index (χ4v) is 1.31. The summed E-state index contributed by atoms with van der Waals surface area (Å²) in [7, 11) is 0. The van der Waals surface area contributed by atoms with Crippen molar-refractivity contribution in [2.24, 2.45) is 0 Å². The number of carbonyl (C=O) groups is 2. The molecule has 0 spiro atoms. The molecular formula is C11H11ClO4. The number of ether oxygens (including phenoxy) is 1. The van der Waals surface area contributed by atoms with Crippen molar-refractivity contribution in [1.82, 2.24) is 0 Å². The van der Waals surface area contributed by atoms with Crippen LogP contribution in [-0.2, 0) is 4.79 Å². The summed E-state index contributed by atoms with van der Waals surface area (Å²) in [5, 5.41) is 9.17. The van der Waals surface area contributed by atoms with E-state index in [0.29, 0.717) is 6.42 Å². The lowest BCUT2D eigenvalue weighted by atomic mass is 10.2. The second kappa shape index (κ2) is 5.51. The van der Waals surface area contributed by atoms with Gasteiger partial charge in [-0.1, -0.05) is 18.5 Å². The number of benzene rings is 1. The zero-order chi connectivity index (χ0) is 12.1. The summed E-state index contributed by atoms with van der Waals surface area (Å²) in [5.74, 6) is -1.61. The van der Waals surface area contributed by atoms with Gasteiger partial charge in [-0.25, -0.2) is 4.79 Å². The molecule has 1 N–H and O–H groups in total. The number of esters is 1. The van der Waals surface area contributed by atoms with Crippen molar-refractivity contribution in [3.63, 3.8) is 0 Å². The van der Waals surface area contributed by atoms with E-state index in [1.165, 1.54) is 18.2 Å². The first-order valence-electron chi connectivity index (χ1n) is 4.78. The van der Waals surface area contributed by atoms with Crippen LogP contribution in [0.2, 0.25) is 5.02 Å². The molecule has 0 amide bonds. The number of halogens is 1. The zero-order valence-electron chi connectivity index (χ0n) is 8.70. The summed E-state index contributed by atoms with van der Waals surface area (Å²) in [4.78, 5) is 22.1. The summed E-state index contributed by atoms with van der Waals surface area (Å²) in [5.41, 5.74) is -0.114. The molecule has 0 heterocycles. The Kier molecular flexibility index (Phi) is 4.31. The smallest absolute Gasteiger partial charge is 0.339 e. The van der Waals surface area contributed by atoms with Crippen LogP contribution >= 0.6 is 11.6 Å². The van der Waals surface area contributed by atoms with Gasteiger partial charge in [-0.15, -0.1) is 0 Å². The lowest BCUT2D eigenvalue weighted by Crippen LogP contribution is -2.10. The minimum atomic E-state index is -1.18. The standard InChI is InChI=1S/C11H11ClO4/c1-2-3-10(13)16-9-5-4-7(12)6-8(9)11(14)15/h4-6H,2-3H2,1H3,(H,14,15). The maximum Gasteiger partial charge on any atom is 0.339 e. The molecule has 1 rings (SSSR count). The average Bonchev–Trinajstić information content (AvgIpc) is 2.20. The van der Waals surface area contributed by atoms with Crippen molar-refractivity contribution in [2.75, 3.05) is 0 Å². The molecule has 0 atom stereocenters. The minimum absolute atomic E-state index is 0.0235. The van der Waals surface area contributed by atoms with Crippen LogP contribution in [0, 0.1) is 0 Å². The fraction of sp³-hybridized carbons (Fsp3) is 0.273. The molecule has 0 aliphatic heterocycles. The van der Waals surface area contributed by atoms with Gasteiger partial charge in [-0.2, -0.15) is 0 Å². The molecule has 0 unspecified atom stereocenters. The van der Waals surface area contributed by atoms with Crippen LogP contribution in [0.1, 0.15) is 30.1 Å². The van der Waals surface area contributed by atoms with Gasteiger partial charge in [0.05, 0.1) is 0 Å². The Balaban J connectivity index is 2.95. The Bertz CT molecular complexity index is 414. The van der Waals surface area contributed by atoms with E-state index < -0.39 is 11.9 Å². The molecule has 0 radical (unpaired) electrons. The predicted molar refractivity (Wildman–Crippen MR) is 59.0 cm³/mol. The fourth-order valence-electron chi connectivity index (χ4n) is 1.14. The summed E-state index contributed by atoms with van der Waals surface area (Å²) in [6.45, 7) is 1.83. The molecule has 0 aromatic heterocycles. The lowest BCUT2D eigenvalue weighted by molar-refractivity contribution is -0.134. The molecule has 0 saturated carbocycles. The minimum Gasteiger partial charge on any atom is -0.478 e. The Labute approximate surface area is 97.8 Å².